The number of hydrogen-bond acceptors (Lipinski definition) is 3. The molecule has 1 aliphatic carbocycles. The maximum absolute atomic E-state index is 5.51. The monoisotopic (exact) mass is 831 g/mol. The van der Waals surface area contributed by atoms with Crippen LogP contribution in [0.25, 0.3) is 38.8 Å². The van der Waals surface area contributed by atoms with Crippen LogP contribution in [0.4, 0.5) is 0 Å². The first-order valence-electron chi connectivity index (χ1n) is 18.1. The first-order chi connectivity index (χ1) is 22.8. The summed E-state index contributed by atoms with van der Waals surface area (Å²) in [5.74, 6) is 1.50. The third-order valence-corrected chi connectivity index (χ3v) is 10.7. The minimum atomic E-state index is 0. The van der Waals surface area contributed by atoms with Gasteiger partial charge in [0.2, 0.25) is 0 Å². The van der Waals surface area contributed by atoms with Gasteiger partial charge in [0.1, 0.15) is 0 Å². The van der Waals surface area contributed by atoms with E-state index < -0.39 is 0 Å². The molecule has 3 heterocycles. The summed E-state index contributed by atoms with van der Waals surface area (Å²) in [6, 6.07) is 28.9. The third-order valence-electron chi connectivity index (χ3n) is 10.7. The zero-order valence-electron chi connectivity index (χ0n) is 30.9. The molecule has 4 nitrogen and oxygen atoms in total. The van der Waals surface area contributed by atoms with Crippen LogP contribution in [-0.4, -0.2) is 38.9 Å². The van der Waals surface area contributed by atoms with Crippen molar-refractivity contribution in [2.45, 2.75) is 118 Å². The maximum Gasteiger partial charge on any atom is 2.00 e. The van der Waals surface area contributed by atoms with Crippen molar-refractivity contribution in [1.82, 2.24) is 14.5 Å². The van der Waals surface area contributed by atoms with Crippen molar-refractivity contribution >= 4 is 27.6 Å². The van der Waals surface area contributed by atoms with E-state index in [1.807, 2.05) is 6.20 Å². The van der Waals surface area contributed by atoms with Gasteiger partial charge in [0.25, 0.3) is 0 Å². The molecule has 1 aliphatic heterocycles. The number of rotatable bonds is 5. The van der Waals surface area contributed by atoms with Crippen LogP contribution in [0.3, 0.4) is 0 Å². The second-order valence-electron chi connectivity index (χ2n) is 16.8. The Morgan fingerprint density at radius 2 is 1.57 bits per heavy atom. The second-order valence-corrected chi connectivity index (χ2v) is 16.8. The molecule has 49 heavy (non-hydrogen) atoms. The molecule has 258 valence electrons. The minimum Gasteiger partial charge on any atom is -0.391 e. The number of nitrogens with zero attached hydrogens (tertiary/aromatic N) is 4. The van der Waals surface area contributed by atoms with E-state index >= 15 is 0 Å². The van der Waals surface area contributed by atoms with Gasteiger partial charge in [-0.15, -0.1) is 53.1 Å². The Morgan fingerprint density at radius 3 is 2.27 bits per heavy atom. The van der Waals surface area contributed by atoms with E-state index in [4.69, 9.17) is 9.98 Å². The van der Waals surface area contributed by atoms with Gasteiger partial charge in [-0.05, 0) is 76.5 Å². The van der Waals surface area contributed by atoms with Gasteiger partial charge in [-0.1, -0.05) is 104 Å². The minimum absolute atomic E-state index is 0. The van der Waals surface area contributed by atoms with Gasteiger partial charge in [-0.25, -0.2) is 0 Å². The number of aryl methyl sites for hydroxylation is 1. The van der Waals surface area contributed by atoms with E-state index in [1.54, 1.807) is 0 Å². The summed E-state index contributed by atoms with van der Waals surface area (Å²) in [5.41, 5.74) is 10.3. The molecule has 0 radical (unpaired) electrons. The number of aromatic nitrogens is 2. The fourth-order valence-corrected chi connectivity index (χ4v) is 7.59. The van der Waals surface area contributed by atoms with Crippen LogP contribution in [0.15, 0.2) is 65.8 Å². The van der Waals surface area contributed by atoms with Crippen molar-refractivity contribution in [2.75, 3.05) is 6.54 Å². The van der Waals surface area contributed by atoms with Crippen LogP contribution < -0.4 is 0 Å². The molecule has 1 fully saturated rings. The molecule has 5 heteroatoms. The molecular weight excluding hydrogens is 780 g/mol. The quantitative estimate of drug-likeness (QED) is 0.165. The second kappa shape index (κ2) is 13.5. The molecule has 1 atom stereocenters. The zero-order valence-corrected chi connectivity index (χ0v) is 33.1. The van der Waals surface area contributed by atoms with E-state index in [0.29, 0.717) is 12.0 Å². The molecule has 1 saturated carbocycles. The molecule has 0 unspecified atom stereocenters. The van der Waals surface area contributed by atoms with Crippen molar-refractivity contribution in [3.8, 4) is 16.9 Å². The Hall–Kier alpha value is -3.23. The van der Waals surface area contributed by atoms with Crippen LogP contribution in [0.1, 0.15) is 116 Å². The predicted molar refractivity (Wildman–Crippen MR) is 203 cm³/mol. The Kier molecular flexibility index (Phi) is 9.79. The van der Waals surface area contributed by atoms with E-state index in [9.17, 15) is 0 Å². The topological polar surface area (TPSA) is 33.4 Å². The molecule has 0 N–H and O–H groups in total. The summed E-state index contributed by atoms with van der Waals surface area (Å²) in [4.78, 5) is 13.0. The Labute approximate surface area is 308 Å². The largest absolute Gasteiger partial charge is 2.00 e. The summed E-state index contributed by atoms with van der Waals surface area (Å²) in [6.45, 7) is 21.5. The van der Waals surface area contributed by atoms with E-state index in [1.165, 1.54) is 65.1 Å². The fraction of sp³-hybridized carbons (Fsp3) is 0.455. The molecule has 2 aromatic heterocycles. The molecule has 2 aliphatic rings. The van der Waals surface area contributed by atoms with E-state index in [2.05, 4.69) is 139 Å². The summed E-state index contributed by atoms with van der Waals surface area (Å²) < 4.78 is 2.39. The molecule has 5 aromatic rings. The van der Waals surface area contributed by atoms with Gasteiger partial charge < -0.3 is 19.4 Å². The van der Waals surface area contributed by atoms with Gasteiger partial charge in [-0.3, -0.25) is 0 Å². The van der Waals surface area contributed by atoms with E-state index in [0.717, 1.165) is 40.4 Å². The smallest absolute Gasteiger partial charge is 0.391 e. The van der Waals surface area contributed by atoms with E-state index in [-0.39, 0.29) is 37.9 Å². The predicted octanol–water partition coefficient (Wildman–Crippen LogP) is 11.0. The number of fused-ring (bicyclic) bond motifs is 3. The van der Waals surface area contributed by atoms with Crippen LogP contribution in [0.5, 0.6) is 0 Å². The summed E-state index contributed by atoms with van der Waals surface area (Å²) in [5, 5.41) is 2.44. The normalized spacial score (nSPS) is 17.6. The number of hydrogen-bond donors (Lipinski definition) is 0. The fourth-order valence-electron chi connectivity index (χ4n) is 7.59. The standard InChI is InChI=1S/C44H52N4.Pt/c1-28(2)31-22-32(42-46-41(44(7,8)9)27-47(42)34-13-11-10-12-14-34)24-35(23-31)48-39-18-15-29(3)21-37(39)36-17-16-30(25-40(36)48)38-26-33(19-20-45-38)43(4,5)6;/h15-23,26,28,34,41H,10-14,27H2,1-9H3;/q-2;+2/t41-;/m0./s1. The van der Waals surface area contributed by atoms with Crippen molar-refractivity contribution in [1.29, 1.82) is 0 Å². The first-order valence-corrected chi connectivity index (χ1v) is 18.1. The van der Waals surface area contributed by atoms with Gasteiger partial charge in [0, 0.05) is 30.1 Å². The third kappa shape index (κ3) is 6.92. The first kappa shape index (κ1) is 35.6. The van der Waals surface area contributed by atoms with Crippen LogP contribution in [0.2, 0.25) is 0 Å². The van der Waals surface area contributed by atoms with Crippen LogP contribution in [0, 0.1) is 24.5 Å². The van der Waals surface area contributed by atoms with Crippen molar-refractivity contribution in [3.05, 3.63) is 95.2 Å². The maximum atomic E-state index is 5.51. The number of aliphatic imine (C=N–C) groups is 1. The molecule has 7 rings (SSSR count). The molecule has 0 spiro atoms. The van der Waals surface area contributed by atoms with Gasteiger partial charge in [0.15, 0.2) is 0 Å². The van der Waals surface area contributed by atoms with Crippen LogP contribution in [-0.2, 0) is 26.5 Å². The Balaban J connectivity index is 0.00000417. The Morgan fingerprint density at radius 1 is 0.816 bits per heavy atom. The number of pyridine rings is 1. The van der Waals surface area contributed by atoms with Crippen LogP contribution >= 0.6 is 0 Å². The summed E-state index contributed by atoms with van der Waals surface area (Å²) >= 11 is 0. The molecule has 3 aromatic carbocycles. The van der Waals surface area contributed by atoms with Crippen molar-refractivity contribution in [3.63, 3.8) is 0 Å². The molecule has 0 bridgehead atoms. The zero-order chi connectivity index (χ0) is 34.0. The number of benzene rings is 3. The molecule has 0 saturated heterocycles. The molecular formula is C44H52N4Pt. The summed E-state index contributed by atoms with van der Waals surface area (Å²) in [6.07, 6.45) is 8.40. The van der Waals surface area contributed by atoms with Crippen molar-refractivity contribution in [2.24, 2.45) is 10.4 Å². The van der Waals surface area contributed by atoms with Gasteiger partial charge >= 0.3 is 21.1 Å². The van der Waals surface area contributed by atoms with Crippen molar-refractivity contribution < 1.29 is 21.1 Å². The summed E-state index contributed by atoms with van der Waals surface area (Å²) in [7, 11) is 0. The average molecular weight is 832 g/mol. The molecule has 0 amide bonds. The Bertz CT molecular complexity index is 2010. The average Bonchev–Trinajstić information content (AvgIpc) is 3.65. The van der Waals surface area contributed by atoms with Gasteiger partial charge in [0.05, 0.1) is 6.04 Å². The number of amidine groups is 1. The SMILES string of the molecule is Cc1ccc2c(c1)c1ccc(-c3cc(C(C)(C)C)ccn3)[c-]c1n2-c1[c-]c(C2=N[C@H](C(C)(C)C)CN2C2CCCCC2)cc(C(C)C)c1.[Pt+2]. The van der Waals surface area contributed by atoms with Gasteiger partial charge in [-0.2, -0.15) is 0 Å².